The molecule has 120 valence electrons. The molecule has 8 heteroatoms. The Morgan fingerprint density at radius 1 is 1.36 bits per heavy atom. The number of alkyl halides is 3. The van der Waals surface area contributed by atoms with Crippen LogP contribution in [0.3, 0.4) is 0 Å². The number of rotatable bonds is 4. The zero-order valence-electron chi connectivity index (χ0n) is 11.8. The normalized spacial score (nSPS) is 16.6. The van der Waals surface area contributed by atoms with Crippen LogP contribution in [0, 0.1) is 0 Å². The minimum Gasteiger partial charge on any atom is -0.492 e. The predicted molar refractivity (Wildman–Crippen MR) is 71.4 cm³/mol. The first-order valence-electron chi connectivity index (χ1n) is 6.58. The summed E-state index contributed by atoms with van der Waals surface area (Å²) in [5, 5.41) is 1.73. The van der Waals surface area contributed by atoms with E-state index in [0.29, 0.717) is 5.75 Å². The third kappa shape index (κ3) is 3.90. The average molecular weight is 316 g/mol. The van der Waals surface area contributed by atoms with E-state index >= 15 is 0 Å². The van der Waals surface area contributed by atoms with Gasteiger partial charge in [0.15, 0.2) is 0 Å². The molecule has 0 aliphatic carbocycles. The van der Waals surface area contributed by atoms with Crippen molar-refractivity contribution < 1.29 is 27.5 Å². The van der Waals surface area contributed by atoms with E-state index in [1.807, 2.05) is 0 Å². The summed E-state index contributed by atoms with van der Waals surface area (Å²) in [5.74, 6) is -1.17. The third-order valence-corrected chi connectivity index (χ3v) is 3.24. The highest BCUT2D eigenvalue weighted by molar-refractivity contribution is 5.89. The Morgan fingerprint density at radius 3 is 2.73 bits per heavy atom. The number of benzene rings is 1. The lowest BCUT2D eigenvalue weighted by Crippen LogP contribution is -2.43. The van der Waals surface area contributed by atoms with Crippen molar-refractivity contribution in [2.45, 2.75) is 12.1 Å². The minimum atomic E-state index is -4.48. The maximum atomic E-state index is 12.3. The number of nitrogens with one attached hydrogen (secondary N) is 1. The van der Waals surface area contributed by atoms with Gasteiger partial charge in [-0.1, -0.05) is 18.2 Å². The Balaban J connectivity index is 1.92. The Bertz CT molecular complexity index is 575. The molecule has 1 atom stereocenters. The Kier molecular flexibility index (Phi) is 4.58. The molecule has 1 aromatic rings. The summed E-state index contributed by atoms with van der Waals surface area (Å²) in [5.41, 5.74) is 0.718. The lowest BCUT2D eigenvalue weighted by Gasteiger charge is -2.20. The number of para-hydroxylation sites is 1. The molecule has 5 nitrogen and oxygen atoms in total. The van der Waals surface area contributed by atoms with Gasteiger partial charge >= 0.3 is 6.18 Å². The molecular weight excluding hydrogens is 301 g/mol. The van der Waals surface area contributed by atoms with Gasteiger partial charge in [-0.3, -0.25) is 9.59 Å². The number of nitrogens with zero attached hydrogens (tertiary/aromatic N) is 1. The van der Waals surface area contributed by atoms with Gasteiger partial charge in [0, 0.05) is 12.6 Å². The van der Waals surface area contributed by atoms with Crippen LogP contribution in [0.1, 0.15) is 11.5 Å². The molecule has 2 amide bonds. The van der Waals surface area contributed by atoms with Gasteiger partial charge in [-0.05, 0) is 6.07 Å². The van der Waals surface area contributed by atoms with E-state index in [-0.39, 0.29) is 12.5 Å². The number of hydrogen-bond acceptors (Lipinski definition) is 3. The second-order valence-electron chi connectivity index (χ2n) is 4.99. The molecular formula is C14H15F3N2O3. The summed E-state index contributed by atoms with van der Waals surface area (Å²) in [6.07, 6.45) is -4.48. The molecule has 0 saturated carbocycles. The van der Waals surface area contributed by atoms with Crippen LogP contribution in [0.5, 0.6) is 5.75 Å². The summed E-state index contributed by atoms with van der Waals surface area (Å²) < 4.78 is 41.4. The van der Waals surface area contributed by atoms with Crippen molar-refractivity contribution >= 4 is 11.8 Å². The van der Waals surface area contributed by atoms with Gasteiger partial charge in [0.1, 0.15) is 24.8 Å². The van der Waals surface area contributed by atoms with Crippen LogP contribution >= 0.6 is 0 Å². The lowest BCUT2D eigenvalue weighted by molar-refractivity contribution is -0.142. The largest absolute Gasteiger partial charge is 0.492 e. The zero-order valence-corrected chi connectivity index (χ0v) is 11.8. The van der Waals surface area contributed by atoms with Crippen molar-refractivity contribution in [1.29, 1.82) is 0 Å². The van der Waals surface area contributed by atoms with Gasteiger partial charge in [0.25, 0.3) is 0 Å². The van der Waals surface area contributed by atoms with Crippen molar-refractivity contribution in [2.24, 2.45) is 0 Å². The van der Waals surface area contributed by atoms with Crippen molar-refractivity contribution in [3.05, 3.63) is 29.8 Å². The SMILES string of the molecule is CN(CC(=O)NCC(F)(F)F)C(=O)[C@@H]1COc2ccccc21. The second-order valence-corrected chi connectivity index (χ2v) is 4.99. The smallest absolute Gasteiger partial charge is 0.405 e. The Labute approximate surface area is 125 Å². The number of carbonyl (C=O) groups is 2. The third-order valence-electron chi connectivity index (χ3n) is 3.24. The second kappa shape index (κ2) is 6.25. The molecule has 0 fully saturated rings. The maximum absolute atomic E-state index is 12.3. The molecule has 0 unspecified atom stereocenters. The fourth-order valence-electron chi connectivity index (χ4n) is 2.18. The predicted octanol–water partition coefficient (Wildman–Crippen LogP) is 1.30. The molecule has 0 spiro atoms. The van der Waals surface area contributed by atoms with E-state index < -0.39 is 31.1 Å². The quantitative estimate of drug-likeness (QED) is 0.911. The van der Waals surface area contributed by atoms with E-state index in [0.717, 1.165) is 10.5 Å². The van der Waals surface area contributed by atoms with Gasteiger partial charge in [0.05, 0.1) is 6.54 Å². The van der Waals surface area contributed by atoms with E-state index in [2.05, 4.69) is 0 Å². The number of likely N-dealkylation sites (N-methyl/N-ethyl adjacent to an activating group) is 1. The molecule has 1 aliphatic heterocycles. The minimum absolute atomic E-state index is 0.159. The van der Waals surface area contributed by atoms with Crippen molar-refractivity contribution in [2.75, 3.05) is 26.7 Å². The van der Waals surface area contributed by atoms with Gasteiger partial charge < -0.3 is 15.0 Å². The molecule has 1 heterocycles. The highest BCUT2D eigenvalue weighted by Crippen LogP contribution is 2.34. The summed E-state index contributed by atoms with van der Waals surface area (Å²) >= 11 is 0. The summed E-state index contributed by atoms with van der Waals surface area (Å²) in [7, 11) is 1.37. The fraction of sp³-hybridized carbons (Fsp3) is 0.429. The molecule has 1 aromatic carbocycles. The Morgan fingerprint density at radius 2 is 2.05 bits per heavy atom. The number of ether oxygens (including phenoxy) is 1. The first-order valence-corrected chi connectivity index (χ1v) is 6.58. The standard InChI is InChI=1S/C14H15F3N2O3/c1-19(6-12(20)18-8-14(15,16)17)13(21)10-7-22-11-5-3-2-4-9(10)11/h2-5,10H,6-8H2,1H3,(H,18,20)/t10-/m1/s1. The zero-order chi connectivity index (χ0) is 16.3. The van der Waals surface area contributed by atoms with Gasteiger partial charge in [-0.25, -0.2) is 0 Å². The van der Waals surface area contributed by atoms with Crippen LogP contribution in [-0.2, 0) is 9.59 Å². The number of hydrogen-bond donors (Lipinski definition) is 1. The summed E-state index contributed by atoms with van der Waals surface area (Å²) in [6.45, 7) is -1.69. The average Bonchev–Trinajstić information content (AvgIpc) is 2.87. The van der Waals surface area contributed by atoms with E-state index in [9.17, 15) is 22.8 Å². The van der Waals surface area contributed by atoms with Crippen molar-refractivity contribution in [1.82, 2.24) is 10.2 Å². The number of fused-ring (bicyclic) bond motifs is 1. The van der Waals surface area contributed by atoms with Crippen LogP contribution in [-0.4, -0.2) is 49.6 Å². The molecule has 1 N–H and O–H groups in total. The Hall–Kier alpha value is -2.25. The van der Waals surface area contributed by atoms with Crippen molar-refractivity contribution in [3.8, 4) is 5.75 Å². The van der Waals surface area contributed by atoms with E-state index in [1.165, 1.54) is 7.05 Å². The van der Waals surface area contributed by atoms with Crippen LogP contribution < -0.4 is 10.1 Å². The van der Waals surface area contributed by atoms with Gasteiger partial charge in [-0.2, -0.15) is 13.2 Å². The van der Waals surface area contributed by atoms with E-state index in [4.69, 9.17) is 4.74 Å². The topological polar surface area (TPSA) is 58.6 Å². The van der Waals surface area contributed by atoms with Crippen LogP contribution in [0.15, 0.2) is 24.3 Å². The number of carbonyl (C=O) groups excluding carboxylic acids is 2. The fourth-order valence-corrected chi connectivity index (χ4v) is 2.18. The monoisotopic (exact) mass is 316 g/mol. The van der Waals surface area contributed by atoms with Crippen LogP contribution in [0.2, 0.25) is 0 Å². The highest BCUT2D eigenvalue weighted by atomic mass is 19.4. The lowest BCUT2D eigenvalue weighted by atomic mass is 10.00. The first-order chi connectivity index (χ1) is 10.3. The number of amides is 2. The van der Waals surface area contributed by atoms with E-state index in [1.54, 1.807) is 29.6 Å². The van der Waals surface area contributed by atoms with Gasteiger partial charge in [-0.15, -0.1) is 0 Å². The maximum Gasteiger partial charge on any atom is 0.405 e. The molecule has 0 aromatic heterocycles. The molecule has 1 aliphatic rings. The molecule has 0 bridgehead atoms. The van der Waals surface area contributed by atoms with Crippen molar-refractivity contribution in [3.63, 3.8) is 0 Å². The summed E-state index contributed by atoms with van der Waals surface area (Å²) in [6, 6.07) is 7.03. The molecule has 22 heavy (non-hydrogen) atoms. The highest BCUT2D eigenvalue weighted by Gasteiger charge is 2.33. The van der Waals surface area contributed by atoms with Crippen LogP contribution in [0.4, 0.5) is 13.2 Å². The summed E-state index contributed by atoms with van der Waals surface area (Å²) in [4.78, 5) is 24.8. The number of halogens is 3. The molecule has 0 radical (unpaired) electrons. The molecule has 2 rings (SSSR count). The van der Waals surface area contributed by atoms with Crippen LogP contribution in [0.25, 0.3) is 0 Å². The molecule has 0 saturated heterocycles. The first kappa shape index (κ1) is 16.1. The van der Waals surface area contributed by atoms with Gasteiger partial charge in [0.2, 0.25) is 11.8 Å².